The molecule has 23 heavy (non-hydrogen) atoms. The van der Waals surface area contributed by atoms with Crippen molar-refractivity contribution in [3.05, 3.63) is 47.2 Å². The second-order valence-electron chi connectivity index (χ2n) is 6.42. The number of carbonyl (C=O) groups is 2. The molecule has 1 aromatic heterocycles. The van der Waals surface area contributed by atoms with E-state index >= 15 is 0 Å². The molecule has 0 spiro atoms. The summed E-state index contributed by atoms with van der Waals surface area (Å²) in [5.74, 6) is 0.0389. The minimum absolute atomic E-state index is 0.0482. The average molecular weight is 315 g/mol. The standard InChI is InChI=1S/C17H21N3O3/c1-10-13(23-16(19-10)17(2,3)4)9-14(21)20-15(22)11-7-5-6-8-12(11)18/h5-8H,9,18H2,1-4H3,(H,20,21,22). The number of hydrogen-bond acceptors (Lipinski definition) is 5. The molecule has 2 amide bonds. The van der Waals surface area contributed by atoms with Gasteiger partial charge in [0.15, 0.2) is 5.89 Å². The number of anilines is 1. The Morgan fingerprint density at radius 2 is 1.91 bits per heavy atom. The molecule has 3 N–H and O–H groups in total. The van der Waals surface area contributed by atoms with Crippen LogP contribution in [0.1, 0.15) is 48.5 Å². The first-order chi connectivity index (χ1) is 10.7. The summed E-state index contributed by atoms with van der Waals surface area (Å²) in [6, 6.07) is 6.58. The van der Waals surface area contributed by atoms with E-state index in [-0.39, 0.29) is 17.4 Å². The molecule has 0 aliphatic heterocycles. The molecule has 0 aliphatic rings. The summed E-state index contributed by atoms with van der Waals surface area (Å²) in [5, 5.41) is 2.32. The Kier molecular flexibility index (Phi) is 4.54. The third-order valence-corrected chi connectivity index (χ3v) is 3.31. The average Bonchev–Trinajstić information content (AvgIpc) is 2.80. The Morgan fingerprint density at radius 3 is 2.48 bits per heavy atom. The lowest BCUT2D eigenvalue weighted by Crippen LogP contribution is -2.32. The van der Waals surface area contributed by atoms with Gasteiger partial charge in [-0.3, -0.25) is 14.9 Å². The van der Waals surface area contributed by atoms with Crippen molar-refractivity contribution in [3.8, 4) is 0 Å². The zero-order valence-corrected chi connectivity index (χ0v) is 13.8. The minimum atomic E-state index is -0.527. The van der Waals surface area contributed by atoms with Gasteiger partial charge in [0.25, 0.3) is 5.91 Å². The zero-order valence-electron chi connectivity index (χ0n) is 13.8. The highest BCUT2D eigenvalue weighted by Gasteiger charge is 2.23. The number of nitrogens with two attached hydrogens (primary N) is 1. The Morgan fingerprint density at radius 1 is 1.26 bits per heavy atom. The van der Waals surface area contributed by atoms with Crippen molar-refractivity contribution in [1.29, 1.82) is 0 Å². The quantitative estimate of drug-likeness (QED) is 0.847. The number of nitrogens with one attached hydrogen (secondary N) is 1. The molecule has 0 unspecified atom stereocenters. The van der Waals surface area contributed by atoms with Crippen LogP contribution in [-0.4, -0.2) is 16.8 Å². The molecule has 2 rings (SSSR count). The van der Waals surface area contributed by atoms with Crippen molar-refractivity contribution < 1.29 is 14.0 Å². The summed E-state index contributed by atoms with van der Waals surface area (Å²) >= 11 is 0. The van der Waals surface area contributed by atoms with E-state index in [9.17, 15) is 9.59 Å². The van der Waals surface area contributed by atoms with Crippen LogP contribution in [-0.2, 0) is 16.6 Å². The zero-order chi connectivity index (χ0) is 17.2. The number of para-hydroxylation sites is 1. The van der Waals surface area contributed by atoms with Crippen LogP contribution < -0.4 is 11.1 Å². The van der Waals surface area contributed by atoms with Gasteiger partial charge < -0.3 is 10.2 Å². The SMILES string of the molecule is Cc1nc(C(C)(C)C)oc1CC(=O)NC(=O)c1ccccc1N. The lowest BCUT2D eigenvalue weighted by atomic mass is 9.97. The van der Waals surface area contributed by atoms with E-state index in [2.05, 4.69) is 10.3 Å². The van der Waals surface area contributed by atoms with Crippen LogP contribution in [0.5, 0.6) is 0 Å². The number of aryl methyl sites for hydroxylation is 1. The van der Waals surface area contributed by atoms with Gasteiger partial charge in [-0.25, -0.2) is 4.98 Å². The summed E-state index contributed by atoms with van der Waals surface area (Å²) < 4.78 is 5.65. The predicted octanol–water partition coefficient (Wildman–Crippen LogP) is 2.36. The Bertz CT molecular complexity index is 742. The normalized spacial score (nSPS) is 11.3. The maximum absolute atomic E-state index is 12.1. The highest BCUT2D eigenvalue weighted by atomic mass is 16.4. The second-order valence-corrected chi connectivity index (χ2v) is 6.42. The van der Waals surface area contributed by atoms with Gasteiger partial charge in [-0.1, -0.05) is 32.9 Å². The van der Waals surface area contributed by atoms with Crippen molar-refractivity contribution >= 4 is 17.5 Å². The van der Waals surface area contributed by atoms with E-state index in [1.165, 1.54) is 0 Å². The van der Waals surface area contributed by atoms with Gasteiger partial charge in [-0.05, 0) is 19.1 Å². The molecule has 0 saturated carbocycles. The van der Waals surface area contributed by atoms with Gasteiger partial charge in [0.1, 0.15) is 5.76 Å². The van der Waals surface area contributed by atoms with Gasteiger partial charge in [-0.2, -0.15) is 0 Å². The third kappa shape index (κ3) is 3.97. The number of nitrogens with zero attached hydrogens (tertiary/aromatic N) is 1. The number of amides is 2. The number of benzene rings is 1. The Balaban J connectivity index is 2.07. The van der Waals surface area contributed by atoms with Crippen molar-refractivity contribution in [1.82, 2.24) is 10.3 Å². The molecule has 0 aliphatic carbocycles. The highest BCUT2D eigenvalue weighted by molar-refractivity contribution is 6.07. The van der Waals surface area contributed by atoms with Crippen LogP contribution in [0, 0.1) is 6.92 Å². The van der Waals surface area contributed by atoms with Crippen LogP contribution in [0.25, 0.3) is 0 Å². The first-order valence-corrected chi connectivity index (χ1v) is 7.34. The van der Waals surface area contributed by atoms with Crippen molar-refractivity contribution in [2.45, 2.75) is 39.5 Å². The van der Waals surface area contributed by atoms with Crippen LogP contribution in [0.2, 0.25) is 0 Å². The van der Waals surface area contributed by atoms with E-state index in [1.54, 1.807) is 31.2 Å². The van der Waals surface area contributed by atoms with Crippen LogP contribution in [0.15, 0.2) is 28.7 Å². The molecule has 6 heteroatoms. The highest BCUT2D eigenvalue weighted by Crippen LogP contribution is 2.24. The molecular weight excluding hydrogens is 294 g/mol. The van der Waals surface area contributed by atoms with Crippen LogP contribution >= 0.6 is 0 Å². The smallest absolute Gasteiger partial charge is 0.259 e. The first-order valence-electron chi connectivity index (χ1n) is 7.34. The fraction of sp³-hybridized carbons (Fsp3) is 0.353. The molecule has 1 heterocycles. The summed E-state index contributed by atoms with van der Waals surface area (Å²) in [7, 11) is 0. The van der Waals surface area contributed by atoms with Crippen molar-refractivity contribution in [3.63, 3.8) is 0 Å². The molecule has 0 bridgehead atoms. The van der Waals surface area contributed by atoms with E-state index in [4.69, 9.17) is 10.2 Å². The maximum Gasteiger partial charge on any atom is 0.259 e. The molecule has 0 saturated heterocycles. The lowest BCUT2D eigenvalue weighted by Gasteiger charge is -2.12. The molecule has 0 radical (unpaired) electrons. The predicted molar refractivity (Wildman–Crippen MR) is 87.0 cm³/mol. The molecule has 2 aromatic rings. The lowest BCUT2D eigenvalue weighted by molar-refractivity contribution is -0.119. The number of rotatable bonds is 3. The largest absolute Gasteiger partial charge is 0.444 e. The first kappa shape index (κ1) is 16.7. The summed E-state index contributed by atoms with van der Waals surface area (Å²) in [6.07, 6.45) is -0.0482. The number of imide groups is 1. The van der Waals surface area contributed by atoms with Crippen LogP contribution in [0.4, 0.5) is 5.69 Å². The van der Waals surface area contributed by atoms with E-state index in [1.807, 2.05) is 20.8 Å². The summed E-state index contributed by atoms with van der Waals surface area (Å²) in [4.78, 5) is 28.5. The number of oxazole rings is 1. The maximum atomic E-state index is 12.1. The second kappa shape index (κ2) is 6.24. The number of aromatic nitrogens is 1. The van der Waals surface area contributed by atoms with E-state index in [0.29, 0.717) is 23.0 Å². The van der Waals surface area contributed by atoms with Gasteiger partial charge in [0.05, 0.1) is 17.7 Å². The van der Waals surface area contributed by atoms with Crippen molar-refractivity contribution in [2.24, 2.45) is 0 Å². The minimum Gasteiger partial charge on any atom is -0.444 e. The topological polar surface area (TPSA) is 98.2 Å². The van der Waals surface area contributed by atoms with E-state index < -0.39 is 11.8 Å². The molecule has 0 atom stereocenters. The monoisotopic (exact) mass is 315 g/mol. The Hall–Kier alpha value is -2.63. The summed E-state index contributed by atoms with van der Waals surface area (Å²) in [6.45, 7) is 7.70. The molecule has 6 nitrogen and oxygen atoms in total. The number of nitrogen functional groups attached to an aromatic ring is 1. The van der Waals surface area contributed by atoms with Gasteiger partial charge in [0, 0.05) is 11.1 Å². The fourth-order valence-electron chi connectivity index (χ4n) is 2.00. The van der Waals surface area contributed by atoms with Gasteiger partial charge in [-0.15, -0.1) is 0 Å². The molecule has 1 aromatic carbocycles. The fourth-order valence-corrected chi connectivity index (χ4v) is 2.00. The van der Waals surface area contributed by atoms with Crippen molar-refractivity contribution in [2.75, 3.05) is 5.73 Å². The number of hydrogen-bond donors (Lipinski definition) is 2. The molecular formula is C17H21N3O3. The van der Waals surface area contributed by atoms with E-state index in [0.717, 1.165) is 0 Å². The van der Waals surface area contributed by atoms with Gasteiger partial charge in [0.2, 0.25) is 5.91 Å². The molecule has 0 fully saturated rings. The third-order valence-electron chi connectivity index (χ3n) is 3.31. The molecule has 122 valence electrons. The Labute approximate surface area is 135 Å². The summed E-state index contributed by atoms with van der Waals surface area (Å²) in [5.41, 5.74) is 6.72. The number of carbonyl (C=O) groups excluding carboxylic acids is 2. The van der Waals surface area contributed by atoms with Gasteiger partial charge >= 0.3 is 0 Å². The van der Waals surface area contributed by atoms with Crippen LogP contribution in [0.3, 0.4) is 0 Å².